The minimum absolute atomic E-state index is 0.0177. The summed E-state index contributed by atoms with van der Waals surface area (Å²) in [7, 11) is -0.157. The topological polar surface area (TPSA) is 54.7 Å². The SMILES string of the molecule is COc1ccccc1-c1c(-c2ccc(B3OC(C)(C)C(C)(C)O3)c(F)c2F)cnn1COCCS(C)(C)C. The molecule has 2 aromatic carbocycles. The molecule has 6 nitrogen and oxygen atoms in total. The van der Waals surface area contributed by atoms with Crippen LogP contribution in [-0.2, 0) is 20.8 Å². The van der Waals surface area contributed by atoms with Crippen LogP contribution in [0.2, 0.25) is 0 Å². The van der Waals surface area contributed by atoms with Gasteiger partial charge in [0.25, 0.3) is 0 Å². The summed E-state index contributed by atoms with van der Waals surface area (Å²) in [5.74, 6) is -0.468. The number of benzene rings is 2. The quantitative estimate of drug-likeness (QED) is 0.263. The zero-order valence-corrected chi connectivity index (χ0v) is 24.2. The van der Waals surface area contributed by atoms with E-state index in [2.05, 4.69) is 23.9 Å². The summed E-state index contributed by atoms with van der Waals surface area (Å²) in [5, 5.41) is 4.49. The molecule has 206 valence electrons. The van der Waals surface area contributed by atoms with Gasteiger partial charge in [-0.15, -0.1) is 0 Å². The van der Waals surface area contributed by atoms with Crippen LogP contribution in [0.25, 0.3) is 22.4 Å². The lowest BCUT2D eigenvalue weighted by Gasteiger charge is -2.32. The van der Waals surface area contributed by atoms with Gasteiger partial charge in [0, 0.05) is 27.9 Å². The van der Waals surface area contributed by atoms with E-state index in [0.29, 0.717) is 29.2 Å². The van der Waals surface area contributed by atoms with Gasteiger partial charge in [0.05, 0.1) is 36.8 Å². The van der Waals surface area contributed by atoms with Gasteiger partial charge in [0.15, 0.2) is 11.6 Å². The molecule has 1 aromatic heterocycles. The lowest BCUT2D eigenvalue weighted by molar-refractivity contribution is 0.00578. The van der Waals surface area contributed by atoms with E-state index < -0.39 is 40.0 Å². The molecule has 0 saturated carbocycles. The van der Waals surface area contributed by atoms with Crippen molar-refractivity contribution < 1.29 is 27.6 Å². The molecule has 4 rings (SSSR count). The van der Waals surface area contributed by atoms with Crippen molar-refractivity contribution in [3.63, 3.8) is 0 Å². The molecule has 1 aliphatic heterocycles. The number of methoxy groups -OCH3 is 1. The number of rotatable bonds is 9. The second kappa shape index (κ2) is 10.6. The standard InChI is InChI=1S/C28H37BF2N2O4S/c1-27(2)28(3,4)37-29(36-27)22-14-13-19(24(30)25(22)31)21-17-32-33(18-35-15-16-38(6,7)8)26(21)20-11-9-10-12-23(20)34-5/h9-14,17H,15-16,18H2,1-8H3. The number of hydrogen-bond acceptors (Lipinski definition) is 5. The number of nitrogens with zero attached hydrogens (tertiary/aromatic N) is 2. The predicted octanol–water partition coefficient (Wildman–Crippen LogP) is 5.47. The number of ether oxygens (including phenoxy) is 2. The van der Waals surface area contributed by atoms with E-state index in [9.17, 15) is 0 Å². The molecule has 3 aromatic rings. The Labute approximate surface area is 226 Å². The van der Waals surface area contributed by atoms with Crippen molar-refractivity contribution in [3.05, 3.63) is 54.2 Å². The second-order valence-corrected chi connectivity index (χ2v) is 15.9. The third-order valence-electron chi connectivity index (χ3n) is 7.16. The lowest BCUT2D eigenvalue weighted by Crippen LogP contribution is -2.41. The molecule has 10 heteroatoms. The smallest absolute Gasteiger partial charge is 0.496 e. The largest absolute Gasteiger partial charge is 0.497 e. The van der Waals surface area contributed by atoms with Crippen LogP contribution < -0.4 is 10.2 Å². The molecule has 0 atom stereocenters. The highest BCUT2D eigenvalue weighted by Crippen LogP contribution is 2.40. The fraction of sp³-hybridized carbons (Fsp3) is 0.464. The van der Waals surface area contributed by atoms with Gasteiger partial charge in [-0.1, -0.05) is 24.3 Å². The van der Waals surface area contributed by atoms with Crippen molar-refractivity contribution in [2.75, 3.05) is 38.2 Å². The van der Waals surface area contributed by atoms with Gasteiger partial charge >= 0.3 is 7.12 Å². The van der Waals surface area contributed by atoms with Crippen molar-refractivity contribution in [1.29, 1.82) is 0 Å². The zero-order chi connectivity index (χ0) is 27.9. The Balaban J connectivity index is 1.74. The molecule has 38 heavy (non-hydrogen) atoms. The third kappa shape index (κ3) is 5.64. The van der Waals surface area contributed by atoms with E-state index in [4.69, 9.17) is 18.8 Å². The lowest BCUT2D eigenvalue weighted by atomic mass is 9.77. The maximum Gasteiger partial charge on any atom is 0.497 e. The average Bonchev–Trinajstić information content (AvgIpc) is 3.34. The van der Waals surface area contributed by atoms with Crippen LogP contribution in [-0.4, -0.2) is 66.3 Å². The summed E-state index contributed by atoms with van der Waals surface area (Å²) in [6, 6.07) is 10.5. The maximum atomic E-state index is 15.7. The monoisotopic (exact) mass is 546 g/mol. The summed E-state index contributed by atoms with van der Waals surface area (Å²) in [5.41, 5.74) is 0.446. The van der Waals surface area contributed by atoms with Crippen LogP contribution in [0.5, 0.6) is 5.75 Å². The van der Waals surface area contributed by atoms with Gasteiger partial charge < -0.3 is 18.8 Å². The summed E-state index contributed by atoms with van der Waals surface area (Å²) >= 11 is 0. The van der Waals surface area contributed by atoms with Gasteiger partial charge in [-0.2, -0.15) is 5.10 Å². The van der Waals surface area contributed by atoms with E-state index in [1.807, 2.05) is 52.0 Å². The average molecular weight is 546 g/mol. The van der Waals surface area contributed by atoms with Crippen LogP contribution >= 0.6 is 10.0 Å². The van der Waals surface area contributed by atoms with Crippen LogP contribution in [0.3, 0.4) is 0 Å². The number of hydrogen-bond donors (Lipinski definition) is 0. The van der Waals surface area contributed by atoms with Crippen molar-refractivity contribution >= 4 is 22.6 Å². The van der Waals surface area contributed by atoms with Gasteiger partial charge in [-0.25, -0.2) is 23.5 Å². The van der Waals surface area contributed by atoms with E-state index in [0.717, 1.165) is 5.75 Å². The first kappa shape index (κ1) is 28.6. The fourth-order valence-electron chi connectivity index (χ4n) is 4.19. The normalized spacial score (nSPS) is 17.2. The molecule has 0 unspecified atom stereocenters. The Morgan fingerprint density at radius 3 is 2.21 bits per heavy atom. The van der Waals surface area contributed by atoms with Gasteiger partial charge in [0.2, 0.25) is 0 Å². The highest BCUT2D eigenvalue weighted by Gasteiger charge is 2.52. The third-order valence-corrected chi connectivity index (χ3v) is 8.56. The Hall–Kier alpha value is -2.40. The van der Waals surface area contributed by atoms with Gasteiger partial charge in [-0.3, -0.25) is 0 Å². The first-order valence-electron chi connectivity index (χ1n) is 12.5. The first-order chi connectivity index (χ1) is 17.8. The minimum atomic E-state index is -1.02. The molecule has 1 aliphatic rings. The molecule has 0 radical (unpaired) electrons. The molecular weight excluding hydrogens is 509 g/mol. The fourth-order valence-corrected chi connectivity index (χ4v) is 4.81. The molecule has 1 fully saturated rings. The summed E-state index contributed by atoms with van der Waals surface area (Å²) in [4.78, 5) is 0. The number of halogens is 2. The molecular formula is C28H37BF2N2O4S. The maximum absolute atomic E-state index is 15.7. The van der Waals surface area contributed by atoms with Crippen molar-refractivity contribution in [2.45, 2.75) is 45.6 Å². The van der Waals surface area contributed by atoms with Gasteiger partial charge in [0.1, 0.15) is 12.5 Å². The Kier molecular flexibility index (Phi) is 8.01. The Bertz CT molecular complexity index is 1290. The minimum Gasteiger partial charge on any atom is -0.496 e. The van der Waals surface area contributed by atoms with Crippen molar-refractivity contribution in [1.82, 2.24) is 9.78 Å². The summed E-state index contributed by atoms with van der Waals surface area (Å²) < 4.78 is 56.4. The van der Waals surface area contributed by atoms with Crippen molar-refractivity contribution in [3.8, 4) is 28.1 Å². The first-order valence-corrected chi connectivity index (χ1v) is 15.6. The second-order valence-electron chi connectivity index (χ2n) is 11.4. The van der Waals surface area contributed by atoms with E-state index >= 15 is 8.78 Å². The summed E-state index contributed by atoms with van der Waals surface area (Å²) in [6.07, 6.45) is 8.22. The van der Waals surface area contributed by atoms with E-state index in [1.54, 1.807) is 17.9 Å². The molecule has 2 heterocycles. The zero-order valence-electron chi connectivity index (χ0n) is 23.4. The summed E-state index contributed by atoms with van der Waals surface area (Å²) in [6.45, 7) is 8.22. The van der Waals surface area contributed by atoms with Crippen LogP contribution in [0.1, 0.15) is 27.7 Å². The molecule has 0 spiro atoms. The predicted molar refractivity (Wildman–Crippen MR) is 151 cm³/mol. The molecule has 0 amide bonds. The Morgan fingerprint density at radius 1 is 0.921 bits per heavy atom. The van der Waals surface area contributed by atoms with Crippen molar-refractivity contribution in [2.24, 2.45) is 0 Å². The van der Waals surface area contributed by atoms with Crippen LogP contribution in [0, 0.1) is 11.6 Å². The van der Waals surface area contributed by atoms with E-state index in [1.165, 1.54) is 12.3 Å². The Morgan fingerprint density at radius 2 is 1.58 bits per heavy atom. The molecule has 0 aliphatic carbocycles. The number of aromatic nitrogens is 2. The van der Waals surface area contributed by atoms with Gasteiger partial charge in [-0.05, 0) is 58.6 Å². The molecule has 0 N–H and O–H groups in total. The highest BCUT2D eigenvalue weighted by molar-refractivity contribution is 8.32. The van der Waals surface area contributed by atoms with E-state index in [-0.39, 0.29) is 17.8 Å². The van der Waals surface area contributed by atoms with Crippen LogP contribution in [0.4, 0.5) is 8.78 Å². The number of para-hydroxylation sites is 1. The molecule has 0 bridgehead atoms. The van der Waals surface area contributed by atoms with Crippen LogP contribution in [0.15, 0.2) is 42.6 Å². The highest BCUT2D eigenvalue weighted by atomic mass is 32.3. The molecule has 1 saturated heterocycles.